The lowest BCUT2D eigenvalue weighted by molar-refractivity contribution is -0.119. The van der Waals surface area contributed by atoms with Crippen LogP contribution in [0.4, 0.5) is 0 Å². The van der Waals surface area contributed by atoms with Gasteiger partial charge >= 0.3 is 0 Å². The zero-order valence-corrected chi connectivity index (χ0v) is 8.06. The van der Waals surface area contributed by atoms with E-state index in [1.807, 2.05) is 0 Å². The molecule has 74 valence electrons. The van der Waals surface area contributed by atoms with Gasteiger partial charge in [-0.15, -0.1) is 0 Å². The van der Waals surface area contributed by atoms with Crippen LogP contribution in [0.15, 0.2) is 12.4 Å². The number of carbonyl (C=O) groups excluding carboxylic acids is 2. The number of aryl methyl sites for hydroxylation is 1. The first-order valence-electron chi connectivity index (χ1n) is 4.71. The van der Waals surface area contributed by atoms with Gasteiger partial charge in [0.1, 0.15) is 5.78 Å². The molecule has 0 aliphatic heterocycles. The number of rotatable bonds is 4. The van der Waals surface area contributed by atoms with E-state index in [1.165, 1.54) is 6.20 Å². The fourth-order valence-electron chi connectivity index (χ4n) is 1.38. The molecule has 0 atom stereocenters. The van der Waals surface area contributed by atoms with E-state index in [1.54, 1.807) is 17.9 Å². The molecule has 0 N–H and O–H groups in total. The molecule has 0 bridgehead atoms. The van der Waals surface area contributed by atoms with Crippen LogP contribution in [0.2, 0.25) is 0 Å². The second-order valence-electron chi connectivity index (χ2n) is 3.74. The van der Waals surface area contributed by atoms with E-state index < -0.39 is 0 Å². The minimum absolute atomic E-state index is 0.0381. The van der Waals surface area contributed by atoms with Crippen molar-refractivity contribution in [2.24, 2.45) is 13.0 Å². The Kier molecular flexibility index (Phi) is 2.19. The lowest BCUT2D eigenvalue weighted by Crippen LogP contribution is -2.08. The van der Waals surface area contributed by atoms with E-state index in [0.29, 0.717) is 5.56 Å². The predicted molar refractivity (Wildman–Crippen MR) is 49.9 cm³/mol. The van der Waals surface area contributed by atoms with Crippen LogP contribution in [-0.2, 0) is 11.8 Å². The summed E-state index contributed by atoms with van der Waals surface area (Å²) in [4.78, 5) is 22.9. The van der Waals surface area contributed by atoms with Crippen LogP contribution in [0.1, 0.15) is 29.6 Å². The third-order valence-corrected chi connectivity index (χ3v) is 2.39. The van der Waals surface area contributed by atoms with Crippen molar-refractivity contribution < 1.29 is 9.59 Å². The molecule has 0 spiro atoms. The number of hydrogen-bond donors (Lipinski definition) is 0. The molecule has 0 amide bonds. The van der Waals surface area contributed by atoms with Crippen molar-refractivity contribution in [2.45, 2.75) is 19.3 Å². The van der Waals surface area contributed by atoms with Gasteiger partial charge in [-0.25, -0.2) is 0 Å². The van der Waals surface area contributed by atoms with E-state index >= 15 is 0 Å². The summed E-state index contributed by atoms with van der Waals surface area (Å²) >= 11 is 0. The van der Waals surface area contributed by atoms with Crippen LogP contribution >= 0.6 is 0 Å². The third-order valence-electron chi connectivity index (χ3n) is 2.39. The van der Waals surface area contributed by atoms with E-state index in [0.717, 1.165) is 12.8 Å². The highest BCUT2D eigenvalue weighted by molar-refractivity contribution is 6.08. The maximum absolute atomic E-state index is 11.5. The van der Waals surface area contributed by atoms with E-state index in [2.05, 4.69) is 5.10 Å². The van der Waals surface area contributed by atoms with Crippen LogP contribution in [0.3, 0.4) is 0 Å². The average Bonchev–Trinajstić information content (AvgIpc) is 2.89. The Hall–Kier alpha value is -1.45. The van der Waals surface area contributed by atoms with Crippen molar-refractivity contribution in [3.8, 4) is 0 Å². The van der Waals surface area contributed by atoms with Gasteiger partial charge in [-0.1, -0.05) is 0 Å². The summed E-state index contributed by atoms with van der Waals surface area (Å²) in [6.07, 6.45) is 5.10. The molecule has 1 fully saturated rings. The monoisotopic (exact) mass is 192 g/mol. The Morgan fingerprint density at radius 1 is 1.57 bits per heavy atom. The normalized spacial score (nSPS) is 15.5. The molecule has 4 nitrogen and oxygen atoms in total. The van der Waals surface area contributed by atoms with Crippen LogP contribution < -0.4 is 0 Å². The molecule has 0 aromatic carbocycles. The summed E-state index contributed by atoms with van der Waals surface area (Å²) < 4.78 is 1.56. The van der Waals surface area contributed by atoms with Gasteiger partial charge in [0, 0.05) is 19.2 Å². The van der Waals surface area contributed by atoms with Gasteiger partial charge in [0.25, 0.3) is 0 Å². The van der Waals surface area contributed by atoms with Crippen molar-refractivity contribution >= 4 is 11.6 Å². The van der Waals surface area contributed by atoms with Gasteiger partial charge in [0.05, 0.1) is 18.2 Å². The quantitative estimate of drug-likeness (QED) is 0.527. The smallest absolute Gasteiger partial charge is 0.173 e. The van der Waals surface area contributed by atoms with Crippen molar-refractivity contribution in [3.63, 3.8) is 0 Å². The van der Waals surface area contributed by atoms with Gasteiger partial charge < -0.3 is 0 Å². The molecule has 0 saturated heterocycles. The number of aromatic nitrogens is 2. The Morgan fingerprint density at radius 2 is 2.29 bits per heavy atom. The molecule has 1 aromatic heterocycles. The fraction of sp³-hybridized carbons (Fsp3) is 0.500. The molecule has 1 aliphatic rings. The largest absolute Gasteiger partial charge is 0.299 e. The van der Waals surface area contributed by atoms with Gasteiger partial charge in [0.15, 0.2) is 5.78 Å². The first kappa shape index (κ1) is 9.12. The first-order valence-corrected chi connectivity index (χ1v) is 4.71. The highest BCUT2D eigenvalue weighted by Crippen LogP contribution is 2.31. The van der Waals surface area contributed by atoms with Gasteiger partial charge in [-0.05, 0) is 12.8 Å². The number of ketones is 2. The highest BCUT2D eigenvalue weighted by Gasteiger charge is 2.30. The van der Waals surface area contributed by atoms with Gasteiger partial charge in [-0.3, -0.25) is 14.3 Å². The van der Waals surface area contributed by atoms with Crippen molar-refractivity contribution in [2.75, 3.05) is 0 Å². The predicted octanol–water partition coefficient (Wildman–Crippen LogP) is 0.972. The minimum atomic E-state index is -0.116. The zero-order chi connectivity index (χ0) is 10.1. The number of hydrogen-bond acceptors (Lipinski definition) is 3. The summed E-state index contributed by atoms with van der Waals surface area (Å²) in [5, 5.41) is 3.89. The maximum Gasteiger partial charge on any atom is 0.173 e. The lowest BCUT2D eigenvalue weighted by atomic mass is 10.1. The van der Waals surface area contributed by atoms with Crippen LogP contribution in [-0.4, -0.2) is 21.3 Å². The standard InChI is InChI=1S/C10H12N2O2/c1-12-6-8(5-11-12)10(14)4-9(13)7-2-3-7/h5-7H,2-4H2,1H3. The van der Waals surface area contributed by atoms with Gasteiger partial charge in [0.2, 0.25) is 0 Å². The molecule has 1 saturated carbocycles. The summed E-state index contributed by atoms with van der Waals surface area (Å²) in [6.45, 7) is 0. The highest BCUT2D eigenvalue weighted by atomic mass is 16.1. The molecular formula is C10H12N2O2. The minimum Gasteiger partial charge on any atom is -0.299 e. The number of carbonyl (C=O) groups is 2. The summed E-state index contributed by atoms with van der Waals surface area (Å²) in [7, 11) is 1.75. The number of Topliss-reactive ketones (excluding diaryl/α,β-unsaturated/α-hetero) is 2. The molecule has 14 heavy (non-hydrogen) atoms. The topological polar surface area (TPSA) is 52.0 Å². The molecule has 0 radical (unpaired) electrons. The lowest BCUT2D eigenvalue weighted by Gasteiger charge is -1.95. The van der Waals surface area contributed by atoms with E-state index in [9.17, 15) is 9.59 Å². The Bertz CT molecular complexity index is 377. The van der Waals surface area contributed by atoms with E-state index in [4.69, 9.17) is 0 Å². The fourth-order valence-corrected chi connectivity index (χ4v) is 1.38. The third kappa shape index (κ3) is 1.89. The first-order chi connectivity index (χ1) is 6.66. The van der Waals surface area contributed by atoms with Crippen molar-refractivity contribution in [1.82, 2.24) is 9.78 Å². The SMILES string of the molecule is Cn1cc(C(=O)CC(=O)C2CC2)cn1. The van der Waals surface area contributed by atoms with Crippen LogP contribution in [0, 0.1) is 5.92 Å². The van der Waals surface area contributed by atoms with Crippen molar-refractivity contribution in [1.29, 1.82) is 0 Å². The average molecular weight is 192 g/mol. The summed E-state index contributed by atoms with van der Waals surface area (Å²) in [5.41, 5.74) is 0.529. The van der Waals surface area contributed by atoms with Crippen LogP contribution in [0.5, 0.6) is 0 Å². The molecule has 1 aliphatic carbocycles. The Balaban J connectivity index is 1.98. The van der Waals surface area contributed by atoms with Gasteiger partial charge in [-0.2, -0.15) is 5.10 Å². The zero-order valence-electron chi connectivity index (χ0n) is 8.06. The molecule has 1 aromatic rings. The molecular weight excluding hydrogens is 180 g/mol. The molecule has 1 heterocycles. The summed E-state index contributed by atoms with van der Waals surface area (Å²) in [6, 6.07) is 0. The van der Waals surface area contributed by atoms with Crippen molar-refractivity contribution in [3.05, 3.63) is 18.0 Å². The van der Waals surface area contributed by atoms with Crippen LogP contribution in [0.25, 0.3) is 0 Å². The Labute approximate surface area is 81.9 Å². The van der Waals surface area contributed by atoms with E-state index in [-0.39, 0.29) is 23.9 Å². The summed E-state index contributed by atoms with van der Waals surface area (Å²) in [5.74, 6) is 0.129. The Morgan fingerprint density at radius 3 is 2.79 bits per heavy atom. The second kappa shape index (κ2) is 3.36. The second-order valence-corrected chi connectivity index (χ2v) is 3.74. The molecule has 4 heteroatoms. The number of nitrogens with zero attached hydrogens (tertiary/aromatic N) is 2. The molecule has 2 rings (SSSR count). The maximum atomic E-state index is 11.5. The molecule has 0 unspecified atom stereocenters.